The van der Waals surface area contributed by atoms with Crippen LogP contribution in [0.2, 0.25) is 0 Å². The average molecular weight is 216 g/mol. The zero-order chi connectivity index (χ0) is 10.7. The number of halogens is 1. The van der Waals surface area contributed by atoms with E-state index in [0.29, 0.717) is 5.88 Å². The molecular formula is C11H10BClN2. The van der Waals surface area contributed by atoms with E-state index in [1.165, 1.54) is 0 Å². The van der Waals surface area contributed by atoms with Gasteiger partial charge in [-0.1, -0.05) is 23.7 Å². The zero-order valence-electron chi connectivity index (χ0n) is 8.44. The van der Waals surface area contributed by atoms with Gasteiger partial charge in [-0.2, -0.15) is 0 Å². The van der Waals surface area contributed by atoms with Crippen LogP contribution in [-0.4, -0.2) is 17.8 Å². The lowest BCUT2D eigenvalue weighted by molar-refractivity contribution is 1.19. The first-order valence-corrected chi connectivity index (χ1v) is 5.27. The Bertz CT molecular complexity index is 456. The maximum atomic E-state index is 5.77. The molecule has 0 aliphatic rings. The fourth-order valence-electron chi connectivity index (χ4n) is 1.34. The van der Waals surface area contributed by atoms with Gasteiger partial charge in [0.25, 0.3) is 0 Å². The fourth-order valence-corrected chi connectivity index (χ4v) is 1.50. The molecule has 1 heterocycles. The lowest BCUT2D eigenvalue weighted by Gasteiger charge is -2.01. The van der Waals surface area contributed by atoms with E-state index in [0.717, 1.165) is 22.4 Å². The highest BCUT2D eigenvalue weighted by Crippen LogP contribution is 2.16. The van der Waals surface area contributed by atoms with Crippen molar-refractivity contribution in [3.8, 4) is 11.4 Å². The van der Waals surface area contributed by atoms with Crippen LogP contribution in [0.1, 0.15) is 5.56 Å². The summed E-state index contributed by atoms with van der Waals surface area (Å²) in [5, 5.41) is 0. The van der Waals surface area contributed by atoms with Crippen molar-refractivity contribution in [2.24, 2.45) is 0 Å². The molecule has 0 fully saturated rings. The molecule has 0 bridgehead atoms. The molecule has 1 aromatic heterocycles. The van der Waals surface area contributed by atoms with Crippen molar-refractivity contribution in [1.82, 2.24) is 9.97 Å². The van der Waals surface area contributed by atoms with Gasteiger partial charge in [-0.05, 0) is 11.6 Å². The molecule has 15 heavy (non-hydrogen) atoms. The van der Waals surface area contributed by atoms with Crippen molar-refractivity contribution in [1.29, 1.82) is 0 Å². The number of nitrogens with zero attached hydrogens (tertiary/aromatic N) is 2. The molecule has 2 aromatic rings. The minimum atomic E-state index is 0.514. The highest BCUT2D eigenvalue weighted by atomic mass is 35.5. The molecule has 2 rings (SSSR count). The molecular weight excluding hydrogens is 206 g/mol. The molecule has 0 saturated heterocycles. The van der Waals surface area contributed by atoms with E-state index in [9.17, 15) is 0 Å². The molecule has 0 radical (unpaired) electrons. The summed E-state index contributed by atoms with van der Waals surface area (Å²) < 4.78 is 0. The normalized spacial score (nSPS) is 10.2. The SMILES string of the molecule is Bc1cnc(-c2cccc(CCl)c2)nc1. The minimum Gasteiger partial charge on any atom is -0.237 e. The number of alkyl halides is 1. The Morgan fingerprint density at radius 2 is 1.93 bits per heavy atom. The van der Waals surface area contributed by atoms with Crippen LogP contribution in [0, 0.1) is 0 Å². The summed E-state index contributed by atoms with van der Waals surface area (Å²) in [6.07, 6.45) is 3.63. The molecule has 0 N–H and O–H groups in total. The summed E-state index contributed by atoms with van der Waals surface area (Å²) in [5.74, 6) is 1.26. The number of hydrogen-bond acceptors (Lipinski definition) is 2. The molecule has 74 valence electrons. The molecule has 1 aromatic carbocycles. The molecule has 0 amide bonds. The summed E-state index contributed by atoms with van der Waals surface area (Å²) >= 11 is 5.77. The highest BCUT2D eigenvalue weighted by molar-refractivity contribution is 6.31. The quantitative estimate of drug-likeness (QED) is 0.556. The Balaban J connectivity index is 2.40. The number of hydrogen-bond donors (Lipinski definition) is 0. The van der Waals surface area contributed by atoms with E-state index < -0.39 is 0 Å². The number of rotatable bonds is 2. The second kappa shape index (κ2) is 4.45. The second-order valence-electron chi connectivity index (χ2n) is 3.42. The van der Waals surface area contributed by atoms with Gasteiger partial charge in [0.15, 0.2) is 5.82 Å². The van der Waals surface area contributed by atoms with Crippen LogP contribution < -0.4 is 5.46 Å². The number of aromatic nitrogens is 2. The van der Waals surface area contributed by atoms with Crippen LogP contribution >= 0.6 is 11.6 Å². The monoisotopic (exact) mass is 216 g/mol. The Morgan fingerprint density at radius 3 is 2.60 bits per heavy atom. The van der Waals surface area contributed by atoms with Crippen molar-refractivity contribution >= 4 is 24.9 Å². The predicted octanol–water partition coefficient (Wildman–Crippen LogP) is 1.14. The summed E-state index contributed by atoms with van der Waals surface area (Å²) in [4.78, 5) is 8.54. The largest absolute Gasteiger partial charge is 0.237 e. The van der Waals surface area contributed by atoms with Gasteiger partial charge in [-0.25, -0.2) is 9.97 Å². The molecule has 4 heteroatoms. The third-order valence-electron chi connectivity index (χ3n) is 2.12. The summed E-state index contributed by atoms with van der Waals surface area (Å²) in [7, 11) is 1.97. The Hall–Kier alpha value is -1.35. The standard InChI is InChI=1S/C11H10BClN2/c12-10-6-14-11(15-7-10)9-3-1-2-8(4-9)5-13/h1-4,6-7H,5,12H2. The maximum Gasteiger partial charge on any atom is 0.159 e. The Morgan fingerprint density at radius 1 is 1.20 bits per heavy atom. The van der Waals surface area contributed by atoms with Crippen LogP contribution in [0.4, 0.5) is 0 Å². The lowest BCUT2D eigenvalue weighted by atomic mass is 10.0. The first-order valence-electron chi connectivity index (χ1n) is 4.73. The van der Waals surface area contributed by atoms with Gasteiger partial charge in [0.1, 0.15) is 7.85 Å². The molecule has 0 atom stereocenters. The van der Waals surface area contributed by atoms with Crippen molar-refractivity contribution < 1.29 is 0 Å². The zero-order valence-corrected chi connectivity index (χ0v) is 9.20. The first-order chi connectivity index (χ1) is 7.29. The summed E-state index contributed by atoms with van der Waals surface area (Å²) in [6, 6.07) is 7.96. The predicted molar refractivity (Wildman–Crippen MR) is 65.2 cm³/mol. The van der Waals surface area contributed by atoms with E-state index in [1.54, 1.807) is 0 Å². The fraction of sp³-hybridized carbons (Fsp3) is 0.0909. The van der Waals surface area contributed by atoms with Crippen LogP contribution in [0.5, 0.6) is 0 Å². The Kier molecular flexibility index (Phi) is 3.02. The third-order valence-corrected chi connectivity index (χ3v) is 2.43. The number of benzene rings is 1. The van der Waals surface area contributed by atoms with Gasteiger partial charge in [0, 0.05) is 23.8 Å². The minimum absolute atomic E-state index is 0.514. The maximum absolute atomic E-state index is 5.77. The van der Waals surface area contributed by atoms with E-state index in [1.807, 2.05) is 44.5 Å². The topological polar surface area (TPSA) is 25.8 Å². The average Bonchev–Trinajstić information content (AvgIpc) is 2.30. The van der Waals surface area contributed by atoms with Crippen molar-refractivity contribution in [2.45, 2.75) is 5.88 Å². The molecule has 0 saturated carbocycles. The lowest BCUT2D eigenvalue weighted by Crippen LogP contribution is -2.05. The van der Waals surface area contributed by atoms with Crippen LogP contribution in [0.15, 0.2) is 36.7 Å². The van der Waals surface area contributed by atoms with Gasteiger partial charge < -0.3 is 0 Å². The summed E-state index contributed by atoms with van der Waals surface area (Å²) in [6.45, 7) is 0. The molecule has 0 spiro atoms. The second-order valence-corrected chi connectivity index (χ2v) is 3.69. The molecule has 0 aliphatic carbocycles. The van der Waals surface area contributed by atoms with Gasteiger partial charge in [-0.15, -0.1) is 11.6 Å². The van der Waals surface area contributed by atoms with Crippen molar-refractivity contribution in [3.63, 3.8) is 0 Å². The van der Waals surface area contributed by atoms with E-state index in [-0.39, 0.29) is 0 Å². The first kappa shape index (κ1) is 10.2. The van der Waals surface area contributed by atoms with E-state index in [4.69, 9.17) is 11.6 Å². The van der Waals surface area contributed by atoms with Gasteiger partial charge in [0.2, 0.25) is 0 Å². The third kappa shape index (κ3) is 2.36. The van der Waals surface area contributed by atoms with Crippen LogP contribution in [-0.2, 0) is 5.88 Å². The highest BCUT2D eigenvalue weighted by Gasteiger charge is 2.00. The van der Waals surface area contributed by atoms with Gasteiger partial charge in [-0.3, -0.25) is 0 Å². The van der Waals surface area contributed by atoms with Crippen LogP contribution in [0.3, 0.4) is 0 Å². The van der Waals surface area contributed by atoms with Gasteiger partial charge in [0.05, 0.1) is 0 Å². The molecule has 0 aliphatic heterocycles. The van der Waals surface area contributed by atoms with Crippen molar-refractivity contribution in [3.05, 3.63) is 42.2 Å². The van der Waals surface area contributed by atoms with Crippen LogP contribution in [0.25, 0.3) is 11.4 Å². The van der Waals surface area contributed by atoms with Gasteiger partial charge >= 0.3 is 0 Å². The summed E-state index contributed by atoms with van der Waals surface area (Å²) in [5.41, 5.74) is 3.15. The molecule has 0 unspecified atom stereocenters. The van der Waals surface area contributed by atoms with E-state index in [2.05, 4.69) is 9.97 Å². The van der Waals surface area contributed by atoms with Crippen molar-refractivity contribution in [2.75, 3.05) is 0 Å². The van der Waals surface area contributed by atoms with E-state index >= 15 is 0 Å². The molecule has 2 nitrogen and oxygen atoms in total. The Labute approximate surface area is 94.7 Å². The smallest absolute Gasteiger partial charge is 0.159 e.